The van der Waals surface area contributed by atoms with Gasteiger partial charge in [-0.15, -0.1) is 0 Å². The van der Waals surface area contributed by atoms with Crippen LogP contribution >= 0.6 is 0 Å². The molecule has 2 aliphatic heterocycles. The zero-order chi connectivity index (χ0) is 16.0. The zero-order valence-corrected chi connectivity index (χ0v) is 13.8. The molecule has 0 amide bonds. The van der Waals surface area contributed by atoms with Crippen LogP contribution in [-0.2, 0) is 17.7 Å². The van der Waals surface area contributed by atoms with Crippen molar-refractivity contribution >= 4 is 0 Å². The van der Waals surface area contributed by atoms with Gasteiger partial charge in [0.25, 0.3) is 0 Å². The van der Waals surface area contributed by atoms with Gasteiger partial charge in [-0.05, 0) is 27.2 Å². The third kappa shape index (κ3) is 2.90. The Morgan fingerprint density at radius 2 is 2.00 bits per heavy atom. The summed E-state index contributed by atoms with van der Waals surface area (Å²) in [5.74, 6) is 2.87. The number of ether oxygens (including phenoxy) is 1. The standard InChI is InChI=1S/C16H22N4O3/c1-9-14(10(2)22-18-9)7-20-6-12-4-13(21-15(12)8-20)5-16-17-11(3)19-23-16/h12-13,15H,4-8H2,1-3H3/t12-,13+,15+/m0/s1. The van der Waals surface area contributed by atoms with Crippen LogP contribution < -0.4 is 0 Å². The van der Waals surface area contributed by atoms with Crippen LogP contribution in [0.4, 0.5) is 0 Å². The van der Waals surface area contributed by atoms with Crippen LogP contribution in [0, 0.1) is 26.7 Å². The first kappa shape index (κ1) is 14.8. The molecule has 3 atom stereocenters. The lowest BCUT2D eigenvalue weighted by Gasteiger charge is -2.18. The van der Waals surface area contributed by atoms with Crippen LogP contribution in [0.25, 0.3) is 0 Å². The summed E-state index contributed by atoms with van der Waals surface area (Å²) >= 11 is 0. The van der Waals surface area contributed by atoms with Gasteiger partial charge < -0.3 is 13.8 Å². The normalized spacial score (nSPS) is 27.7. The van der Waals surface area contributed by atoms with E-state index in [-0.39, 0.29) is 6.10 Å². The molecule has 4 rings (SSSR count). The molecular formula is C16H22N4O3. The SMILES string of the molecule is Cc1noc(C[C@H]2C[C@H]3CN(Cc4c(C)noc4C)C[C@H]3O2)n1. The third-order valence-corrected chi connectivity index (χ3v) is 4.92. The fraction of sp³-hybridized carbons (Fsp3) is 0.688. The molecule has 0 aromatic carbocycles. The van der Waals surface area contributed by atoms with E-state index in [2.05, 4.69) is 20.2 Å². The van der Waals surface area contributed by atoms with Crippen LogP contribution in [0.15, 0.2) is 9.05 Å². The number of aromatic nitrogens is 3. The van der Waals surface area contributed by atoms with Crippen molar-refractivity contribution in [2.45, 2.75) is 52.4 Å². The number of rotatable bonds is 4. The highest BCUT2D eigenvalue weighted by atomic mass is 16.5. The molecule has 124 valence electrons. The van der Waals surface area contributed by atoms with Gasteiger partial charge in [-0.25, -0.2) is 0 Å². The fourth-order valence-corrected chi connectivity index (χ4v) is 3.78. The smallest absolute Gasteiger partial charge is 0.229 e. The van der Waals surface area contributed by atoms with Crippen molar-refractivity contribution in [3.63, 3.8) is 0 Å². The van der Waals surface area contributed by atoms with Gasteiger partial charge in [-0.1, -0.05) is 10.3 Å². The Balaban J connectivity index is 1.33. The van der Waals surface area contributed by atoms with Gasteiger partial charge in [-0.2, -0.15) is 4.98 Å². The Morgan fingerprint density at radius 1 is 1.13 bits per heavy atom. The molecule has 0 aliphatic carbocycles. The molecule has 0 N–H and O–H groups in total. The van der Waals surface area contributed by atoms with Crippen molar-refractivity contribution in [2.24, 2.45) is 5.92 Å². The maximum Gasteiger partial charge on any atom is 0.229 e. The van der Waals surface area contributed by atoms with Gasteiger partial charge in [0.05, 0.1) is 24.3 Å². The van der Waals surface area contributed by atoms with Gasteiger partial charge in [0.2, 0.25) is 5.89 Å². The van der Waals surface area contributed by atoms with Crippen molar-refractivity contribution < 1.29 is 13.8 Å². The quantitative estimate of drug-likeness (QED) is 0.850. The molecular weight excluding hydrogens is 296 g/mol. The molecule has 2 saturated heterocycles. The van der Waals surface area contributed by atoms with E-state index in [1.165, 1.54) is 5.56 Å². The summed E-state index contributed by atoms with van der Waals surface area (Å²) in [7, 11) is 0. The highest BCUT2D eigenvalue weighted by Gasteiger charge is 2.42. The first-order chi connectivity index (χ1) is 11.1. The maximum absolute atomic E-state index is 6.20. The molecule has 0 saturated carbocycles. The molecule has 0 bridgehead atoms. The molecule has 2 fully saturated rings. The minimum absolute atomic E-state index is 0.200. The molecule has 0 radical (unpaired) electrons. The number of fused-ring (bicyclic) bond motifs is 1. The lowest BCUT2D eigenvalue weighted by atomic mass is 10.0. The minimum Gasteiger partial charge on any atom is -0.373 e. The van der Waals surface area contributed by atoms with Crippen LogP contribution in [0.2, 0.25) is 0 Å². The van der Waals surface area contributed by atoms with E-state index < -0.39 is 0 Å². The van der Waals surface area contributed by atoms with E-state index >= 15 is 0 Å². The van der Waals surface area contributed by atoms with Crippen molar-refractivity contribution in [3.05, 3.63) is 28.7 Å². The Bertz CT molecular complexity index is 662. The van der Waals surface area contributed by atoms with Crippen molar-refractivity contribution in [3.8, 4) is 0 Å². The maximum atomic E-state index is 6.20. The van der Waals surface area contributed by atoms with Gasteiger partial charge in [0.15, 0.2) is 5.82 Å². The minimum atomic E-state index is 0.200. The van der Waals surface area contributed by atoms with Crippen molar-refractivity contribution in [2.75, 3.05) is 13.1 Å². The Kier molecular flexibility index (Phi) is 3.69. The monoisotopic (exact) mass is 318 g/mol. The van der Waals surface area contributed by atoms with Gasteiger partial charge >= 0.3 is 0 Å². The second-order valence-electron chi connectivity index (χ2n) is 6.73. The number of hydrogen-bond acceptors (Lipinski definition) is 7. The molecule has 7 nitrogen and oxygen atoms in total. The number of aryl methyl sites for hydroxylation is 3. The molecule has 2 aromatic rings. The lowest BCUT2D eigenvalue weighted by Crippen LogP contribution is -2.25. The first-order valence-corrected chi connectivity index (χ1v) is 8.17. The molecule has 2 aromatic heterocycles. The van der Waals surface area contributed by atoms with Crippen molar-refractivity contribution in [1.82, 2.24) is 20.2 Å². The van der Waals surface area contributed by atoms with Gasteiger partial charge in [0.1, 0.15) is 5.76 Å². The van der Waals surface area contributed by atoms with Gasteiger partial charge in [-0.3, -0.25) is 4.90 Å². The third-order valence-electron chi connectivity index (χ3n) is 4.92. The summed E-state index contributed by atoms with van der Waals surface area (Å²) in [4.78, 5) is 6.71. The number of hydrogen-bond donors (Lipinski definition) is 0. The van der Waals surface area contributed by atoms with Gasteiger partial charge in [0, 0.05) is 31.1 Å². The summed E-state index contributed by atoms with van der Waals surface area (Å²) in [6.45, 7) is 8.74. The van der Waals surface area contributed by atoms with E-state index in [0.29, 0.717) is 23.7 Å². The second-order valence-corrected chi connectivity index (χ2v) is 6.73. The summed E-state index contributed by atoms with van der Waals surface area (Å²) in [5, 5.41) is 7.87. The Morgan fingerprint density at radius 3 is 2.65 bits per heavy atom. The average molecular weight is 318 g/mol. The summed E-state index contributed by atoms with van der Waals surface area (Å²) in [6, 6.07) is 0. The predicted octanol–water partition coefficient (Wildman–Crippen LogP) is 1.81. The molecule has 7 heteroatoms. The zero-order valence-electron chi connectivity index (χ0n) is 13.8. The highest BCUT2D eigenvalue weighted by Crippen LogP contribution is 2.35. The molecule has 4 heterocycles. The predicted molar refractivity (Wildman–Crippen MR) is 80.8 cm³/mol. The Hall–Kier alpha value is -1.73. The molecule has 23 heavy (non-hydrogen) atoms. The van der Waals surface area contributed by atoms with E-state index in [1.807, 2.05) is 20.8 Å². The first-order valence-electron chi connectivity index (χ1n) is 8.17. The van der Waals surface area contributed by atoms with Crippen LogP contribution in [0.3, 0.4) is 0 Å². The van der Waals surface area contributed by atoms with Crippen molar-refractivity contribution in [1.29, 1.82) is 0 Å². The second kappa shape index (κ2) is 5.72. The number of nitrogens with zero attached hydrogens (tertiary/aromatic N) is 4. The Labute approximate surface area is 135 Å². The average Bonchev–Trinajstić information content (AvgIpc) is 3.22. The molecule has 2 aliphatic rings. The van der Waals surface area contributed by atoms with E-state index in [0.717, 1.165) is 43.9 Å². The summed E-state index contributed by atoms with van der Waals surface area (Å²) < 4.78 is 16.7. The summed E-state index contributed by atoms with van der Waals surface area (Å²) in [5.41, 5.74) is 2.20. The topological polar surface area (TPSA) is 77.4 Å². The summed E-state index contributed by atoms with van der Waals surface area (Å²) in [6.07, 6.45) is 2.29. The highest BCUT2D eigenvalue weighted by molar-refractivity contribution is 5.20. The van der Waals surface area contributed by atoms with E-state index in [4.69, 9.17) is 13.8 Å². The van der Waals surface area contributed by atoms with E-state index in [1.54, 1.807) is 0 Å². The fourth-order valence-electron chi connectivity index (χ4n) is 3.78. The van der Waals surface area contributed by atoms with Crippen LogP contribution in [-0.4, -0.2) is 45.5 Å². The van der Waals surface area contributed by atoms with E-state index in [9.17, 15) is 0 Å². The molecule has 0 unspecified atom stereocenters. The number of likely N-dealkylation sites (tertiary alicyclic amines) is 1. The van der Waals surface area contributed by atoms with Crippen LogP contribution in [0.1, 0.15) is 35.2 Å². The molecule has 0 spiro atoms. The lowest BCUT2D eigenvalue weighted by molar-refractivity contribution is 0.0342. The largest absolute Gasteiger partial charge is 0.373 e. The van der Waals surface area contributed by atoms with Crippen LogP contribution in [0.5, 0.6) is 0 Å².